The Morgan fingerprint density at radius 3 is 2.91 bits per heavy atom. The molecule has 1 aromatic heterocycles. The van der Waals surface area contributed by atoms with Crippen LogP contribution in [-0.2, 0) is 4.74 Å². The molecule has 2 rings (SSSR count). The van der Waals surface area contributed by atoms with Crippen molar-refractivity contribution in [1.29, 1.82) is 5.26 Å². The molecule has 7 nitrogen and oxygen atoms in total. The van der Waals surface area contributed by atoms with Crippen molar-refractivity contribution >= 4 is 17.1 Å². The highest BCUT2D eigenvalue weighted by atomic mass is 16.6. The number of aromatic nitrogens is 1. The SMILES string of the molecule is CC(C)(C)OC(=O)NCCOc1noc2ccc(C#N)cc12. The number of nitrogens with zero attached hydrogens (tertiary/aromatic N) is 2. The zero-order valence-electron chi connectivity index (χ0n) is 12.7. The Kier molecular flexibility index (Phi) is 4.51. The molecule has 1 aromatic carbocycles. The first-order chi connectivity index (χ1) is 10.4. The van der Waals surface area contributed by atoms with Gasteiger partial charge in [-0.1, -0.05) is 0 Å². The summed E-state index contributed by atoms with van der Waals surface area (Å²) in [6.45, 7) is 5.84. The minimum Gasteiger partial charge on any atom is -0.473 e. The van der Waals surface area contributed by atoms with E-state index in [1.54, 1.807) is 39.0 Å². The molecule has 0 atom stereocenters. The van der Waals surface area contributed by atoms with E-state index in [0.717, 1.165) is 0 Å². The molecule has 0 aliphatic heterocycles. The van der Waals surface area contributed by atoms with E-state index in [1.165, 1.54) is 0 Å². The van der Waals surface area contributed by atoms with Crippen molar-refractivity contribution in [2.45, 2.75) is 26.4 Å². The fourth-order valence-corrected chi connectivity index (χ4v) is 1.71. The maximum atomic E-state index is 11.5. The van der Waals surface area contributed by atoms with Crippen molar-refractivity contribution in [3.05, 3.63) is 23.8 Å². The van der Waals surface area contributed by atoms with E-state index >= 15 is 0 Å². The van der Waals surface area contributed by atoms with E-state index in [2.05, 4.69) is 10.5 Å². The van der Waals surface area contributed by atoms with Gasteiger partial charge in [0.1, 0.15) is 12.2 Å². The van der Waals surface area contributed by atoms with Gasteiger partial charge < -0.3 is 19.3 Å². The zero-order valence-corrected chi connectivity index (χ0v) is 12.7. The van der Waals surface area contributed by atoms with Crippen LogP contribution in [0.1, 0.15) is 26.3 Å². The summed E-state index contributed by atoms with van der Waals surface area (Å²) in [7, 11) is 0. The first kappa shape index (κ1) is 15.6. The minimum atomic E-state index is -0.541. The number of fused-ring (bicyclic) bond motifs is 1. The predicted molar refractivity (Wildman–Crippen MR) is 78.5 cm³/mol. The standard InChI is InChI=1S/C15H17N3O4/c1-15(2,3)21-14(19)17-6-7-20-13-11-8-10(9-16)4-5-12(11)22-18-13/h4-5,8H,6-7H2,1-3H3,(H,17,19). The summed E-state index contributed by atoms with van der Waals surface area (Å²) >= 11 is 0. The minimum absolute atomic E-state index is 0.206. The van der Waals surface area contributed by atoms with Crippen LogP contribution in [0.5, 0.6) is 5.88 Å². The normalized spacial score (nSPS) is 11.0. The van der Waals surface area contributed by atoms with Gasteiger partial charge in [-0.05, 0) is 44.1 Å². The molecule has 1 N–H and O–H groups in total. The fraction of sp³-hybridized carbons (Fsp3) is 0.400. The zero-order chi connectivity index (χ0) is 16.2. The lowest BCUT2D eigenvalue weighted by atomic mass is 10.2. The summed E-state index contributed by atoms with van der Waals surface area (Å²) in [6.07, 6.45) is -0.507. The van der Waals surface area contributed by atoms with Crippen LogP contribution in [0.25, 0.3) is 11.0 Å². The molecule has 22 heavy (non-hydrogen) atoms. The van der Waals surface area contributed by atoms with E-state index in [9.17, 15) is 4.79 Å². The Morgan fingerprint density at radius 2 is 2.23 bits per heavy atom. The van der Waals surface area contributed by atoms with Crippen molar-refractivity contribution in [1.82, 2.24) is 10.5 Å². The predicted octanol–water partition coefficient (Wildman–Crippen LogP) is 2.60. The molecule has 0 bridgehead atoms. The summed E-state index contributed by atoms with van der Waals surface area (Å²) in [4.78, 5) is 11.5. The maximum Gasteiger partial charge on any atom is 0.407 e. The lowest BCUT2D eigenvalue weighted by Crippen LogP contribution is -2.34. The van der Waals surface area contributed by atoms with Gasteiger partial charge in [-0.15, -0.1) is 0 Å². The smallest absolute Gasteiger partial charge is 0.407 e. The van der Waals surface area contributed by atoms with Gasteiger partial charge in [0.05, 0.1) is 23.6 Å². The largest absolute Gasteiger partial charge is 0.473 e. The monoisotopic (exact) mass is 303 g/mol. The van der Waals surface area contributed by atoms with Crippen molar-refractivity contribution in [2.24, 2.45) is 0 Å². The van der Waals surface area contributed by atoms with Gasteiger partial charge in [-0.2, -0.15) is 5.26 Å². The molecule has 0 saturated carbocycles. The molecular weight excluding hydrogens is 286 g/mol. The summed E-state index contributed by atoms with van der Waals surface area (Å²) in [5.41, 5.74) is 0.488. The third kappa shape index (κ3) is 4.12. The van der Waals surface area contributed by atoms with Gasteiger partial charge in [-0.3, -0.25) is 0 Å². The maximum absolute atomic E-state index is 11.5. The summed E-state index contributed by atoms with van der Waals surface area (Å²) in [5.74, 6) is 0.290. The highest BCUT2D eigenvalue weighted by Gasteiger charge is 2.16. The second-order valence-electron chi connectivity index (χ2n) is 5.59. The molecule has 2 aromatic rings. The quantitative estimate of drug-likeness (QED) is 0.872. The van der Waals surface area contributed by atoms with Crippen LogP contribution < -0.4 is 10.1 Å². The second kappa shape index (κ2) is 6.35. The van der Waals surface area contributed by atoms with E-state index < -0.39 is 11.7 Å². The number of nitriles is 1. The van der Waals surface area contributed by atoms with Crippen molar-refractivity contribution in [3.63, 3.8) is 0 Å². The van der Waals surface area contributed by atoms with Crippen molar-refractivity contribution < 1.29 is 18.8 Å². The van der Waals surface area contributed by atoms with Gasteiger partial charge in [-0.25, -0.2) is 4.79 Å². The average molecular weight is 303 g/mol. The van der Waals surface area contributed by atoms with Crippen LogP contribution in [0.3, 0.4) is 0 Å². The molecule has 0 aliphatic rings. The van der Waals surface area contributed by atoms with Crippen LogP contribution in [0.2, 0.25) is 0 Å². The topological polar surface area (TPSA) is 97.4 Å². The number of carbonyl (C=O) groups excluding carboxylic acids is 1. The molecule has 1 amide bonds. The van der Waals surface area contributed by atoms with E-state index in [-0.39, 0.29) is 19.0 Å². The molecule has 116 valence electrons. The number of hydrogen-bond donors (Lipinski definition) is 1. The molecule has 0 fully saturated rings. The van der Waals surface area contributed by atoms with Crippen LogP contribution in [0.4, 0.5) is 4.79 Å². The highest BCUT2D eigenvalue weighted by molar-refractivity contribution is 5.83. The van der Waals surface area contributed by atoms with Gasteiger partial charge in [0.2, 0.25) is 0 Å². The molecule has 0 saturated heterocycles. The lowest BCUT2D eigenvalue weighted by Gasteiger charge is -2.19. The van der Waals surface area contributed by atoms with E-state index in [1.807, 2.05) is 6.07 Å². The van der Waals surface area contributed by atoms with Crippen LogP contribution in [-0.4, -0.2) is 30.0 Å². The molecule has 0 aliphatic carbocycles. The number of amides is 1. The number of carbonyl (C=O) groups is 1. The lowest BCUT2D eigenvalue weighted by molar-refractivity contribution is 0.0520. The number of rotatable bonds is 4. The molecule has 0 unspecified atom stereocenters. The summed E-state index contributed by atoms with van der Waals surface area (Å²) in [5, 5.41) is 15.9. The fourth-order valence-electron chi connectivity index (χ4n) is 1.71. The van der Waals surface area contributed by atoms with Gasteiger partial charge >= 0.3 is 6.09 Å². The Balaban J connectivity index is 1.88. The second-order valence-corrected chi connectivity index (χ2v) is 5.59. The Labute approximate surface area is 127 Å². The number of benzene rings is 1. The number of nitrogens with one attached hydrogen (secondary N) is 1. The van der Waals surface area contributed by atoms with Crippen LogP contribution in [0.15, 0.2) is 22.7 Å². The van der Waals surface area contributed by atoms with Gasteiger partial charge in [0.25, 0.3) is 5.88 Å². The molecule has 0 spiro atoms. The molecule has 0 radical (unpaired) electrons. The molecule has 1 heterocycles. The summed E-state index contributed by atoms with van der Waals surface area (Å²) < 4.78 is 15.7. The number of alkyl carbamates (subject to hydrolysis) is 1. The highest BCUT2D eigenvalue weighted by Crippen LogP contribution is 2.25. The Hall–Kier alpha value is -2.75. The van der Waals surface area contributed by atoms with Gasteiger partial charge in [0.15, 0.2) is 5.58 Å². The Morgan fingerprint density at radius 1 is 1.45 bits per heavy atom. The number of hydrogen-bond acceptors (Lipinski definition) is 6. The molecule has 7 heteroatoms. The van der Waals surface area contributed by atoms with Crippen molar-refractivity contribution in [3.8, 4) is 11.9 Å². The molecular formula is C15H17N3O4. The van der Waals surface area contributed by atoms with E-state index in [0.29, 0.717) is 16.5 Å². The summed E-state index contributed by atoms with van der Waals surface area (Å²) in [6, 6.07) is 6.98. The average Bonchev–Trinajstić information content (AvgIpc) is 2.84. The third-order valence-corrected chi connectivity index (χ3v) is 2.58. The third-order valence-electron chi connectivity index (χ3n) is 2.58. The first-order valence-electron chi connectivity index (χ1n) is 6.78. The Bertz CT molecular complexity index is 710. The van der Waals surface area contributed by atoms with E-state index in [4.69, 9.17) is 19.3 Å². The first-order valence-corrected chi connectivity index (χ1v) is 6.78. The number of ether oxygens (including phenoxy) is 2. The van der Waals surface area contributed by atoms with Crippen molar-refractivity contribution in [2.75, 3.05) is 13.2 Å². The van der Waals surface area contributed by atoms with Gasteiger partial charge in [0, 0.05) is 0 Å². The van der Waals surface area contributed by atoms with Crippen LogP contribution >= 0.6 is 0 Å². The van der Waals surface area contributed by atoms with Crippen LogP contribution in [0, 0.1) is 11.3 Å².